The van der Waals surface area contributed by atoms with E-state index in [1.54, 1.807) is 49.4 Å². The van der Waals surface area contributed by atoms with Crippen molar-refractivity contribution in [3.63, 3.8) is 0 Å². The molecule has 0 amide bonds. The van der Waals surface area contributed by atoms with Gasteiger partial charge in [0.25, 0.3) is 0 Å². The predicted molar refractivity (Wildman–Crippen MR) is 92.6 cm³/mol. The van der Waals surface area contributed by atoms with E-state index < -0.39 is 5.97 Å². The first-order valence-corrected chi connectivity index (χ1v) is 8.05. The second kappa shape index (κ2) is 7.85. The summed E-state index contributed by atoms with van der Waals surface area (Å²) in [5.74, 6) is 0.461. The summed E-state index contributed by atoms with van der Waals surface area (Å²) in [4.78, 5) is 12.3. The lowest BCUT2D eigenvalue weighted by Crippen LogP contribution is -2.08. The maximum absolute atomic E-state index is 12.3. The summed E-state index contributed by atoms with van der Waals surface area (Å²) >= 11 is 5.87. The number of para-hydroxylation sites is 1. The van der Waals surface area contributed by atoms with Gasteiger partial charge in [0, 0.05) is 11.1 Å². The average molecular weight is 358 g/mol. The van der Waals surface area contributed by atoms with Crippen LogP contribution in [0.1, 0.15) is 27.4 Å². The van der Waals surface area contributed by atoms with Gasteiger partial charge in [-0.2, -0.15) is 0 Å². The first-order valence-electron chi connectivity index (χ1n) is 7.67. The van der Waals surface area contributed by atoms with E-state index in [2.05, 4.69) is 5.16 Å². The van der Waals surface area contributed by atoms with Crippen molar-refractivity contribution in [3.8, 4) is 5.75 Å². The van der Waals surface area contributed by atoms with Crippen molar-refractivity contribution in [2.45, 2.75) is 20.1 Å². The number of halogens is 1. The van der Waals surface area contributed by atoms with Gasteiger partial charge >= 0.3 is 5.97 Å². The number of aromatic nitrogens is 1. The number of aryl methyl sites for hydroxylation is 1. The van der Waals surface area contributed by atoms with Gasteiger partial charge in [-0.25, -0.2) is 4.79 Å². The molecule has 25 heavy (non-hydrogen) atoms. The van der Waals surface area contributed by atoms with Gasteiger partial charge < -0.3 is 14.0 Å². The molecule has 0 fully saturated rings. The molecule has 6 heteroatoms. The highest BCUT2D eigenvalue weighted by Gasteiger charge is 2.15. The summed E-state index contributed by atoms with van der Waals surface area (Å²) in [6, 6.07) is 16.0. The zero-order valence-corrected chi connectivity index (χ0v) is 14.3. The third-order valence-electron chi connectivity index (χ3n) is 3.44. The Kier molecular flexibility index (Phi) is 5.36. The van der Waals surface area contributed by atoms with E-state index in [0.717, 1.165) is 11.3 Å². The summed E-state index contributed by atoms with van der Waals surface area (Å²) in [5.41, 5.74) is 2.04. The molecule has 0 bridgehead atoms. The number of rotatable bonds is 6. The Morgan fingerprint density at radius 3 is 2.60 bits per heavy atom. The van der Waals surface area contributed by atoms with Gasteiger partial charge in [-0.3, -0.25) is 0 Å². The van der Waals surface area contributed by atoms with Crippen molar-refractivity contribution in [3.05, 3.63) is 82.2 Å². The number of carbonyl (C=O) groups is 1. The number of nitrogens with zero attached hydrogens (tertiary/aromatic N) is 1. The molecule has 3 aromatic rings. The fourth-order valence-electron chi connectivity index (χ4n) is 2.20. The maximum atomic E-state index is 12.3. The molecule has 0 spiro atoms. The third-order valence-corrected chi connectivity index (χ3v) is 3.69. The van der Waals surface area contributed by atoms with Gasteiger partial charge in [-0.1, -0.05) is 41.0 Å². The third kappa shape index (κ3) is 4.61. The van der Waals surface area contributed by atoms with Crippen LogP contribution in [0.3, 0.4) is 0 Å². The standard InChI is InChI=1S/C19H16ClNO4/c1-13-10-16(25-21-13)12-24-19(22)17-4-2-3-5-18(17)23-11-14-6-8-15(20)9-7-14/h2-10H,11-12H2,1H3. The molecule has 0 aliphatic carbocycles. The Hall–Kier alpha value is -2.79. The topological polar surface area (TPSA) is 61.6 Å². The Morgan fingerprint density at radius 2 is 1.88 bits per heavy atom. The fourth-order valence-corrected chi connectivity index (χ4v) is 2.33. The Bertz CT molecular complexity index is 858. The first kappa shape index (κ1) is 17.0. The van der Waals surface area contributed by atoms with Gasteiger partial charge in [-0.15, -0.1) is 0 Å². The number of carbonyl (C=O) groups excluding carboxylic acids is 1. The lowest BCUT2D eigenvalue weighted by molar-refractivity contribution is 0.0432. The molecule has 0 radical (unpaired) electrons. The van der Waals surface area contributed by atoms with Crippen LogP contribution < -0.4 is 4.74 Å². The molecule has 1 heterocycles. The normalized spacial score (nSPS) is 10.5. The molecule has 0 unspecified atom stereocenters. The lowest BCUT2D eigenvalue weighted by Gasteiger charge is -2.11. The predicted octanol–water partition coefficient (Wildman–Crippen LogP) is 4.57. The fraction of sp³-hybridized carbons (Fsp3) is 0.158. The number of ether oxygens (including phenoxy) is 2. The van der Waals surface area contributed by atoms with Gasteiger partial charge in [-0.05, 0) is 36.8 Å². The largest absolute Gasteiger partial charge is 0.488 e. The molecule has 5 nitrogen and oxygen atoms in total. The van der Waals surface area contributed by atoms with E-state index in [1.165, 1.54) is 0 Å². The molecule has 128 valence electrons. The molecule has 0 saturated heterocycles. The van der Waals surface area contributed by atoms with E-state index in [1.807, 2.05) is 12.1 Å². The zero-order valence-electron chi connectivity index (χ0n) is 13.6. The highest BCUT2D eigenvalue weighted by molar-refractivity contribution is 6.30. The van der Waals surface area contributed by atoms with Crippen LogP contribution >= 0.6 is 11.6 Å². The second-order valence-corrected chi connectivity index (χ2v) is 5.86. The molecule has 2 aromatic carbocycles. The van der Waals surface area contributed by atoms with Crippen LogP contribution in [0.2, 0.25) is 5.02 Å². The van der Waals surface area contributed by atoms with Crippen LogP contribution in [-0.4, -0.2) is 11.1 Å². The van der Waals surface area contributed by atoms with Crippen LogP contribution in [0.25, 0.3) is 0 Å². The molecule has 0 saturated carbocycles. The molecular formula is C19H16ClNO4. The quantitative estimate of drug-likeness (QED) is 0.604. The molecule has 0 aliphatic rings. The van der Waals surface area contributed by atoms with Crippen molar-refractivity contribution in [1.82, 2.24) is 5.16 Å². The first-order chi connectivity index (χ1) is 12.1. The van der Waals surface area contributed by atoms with Gasteiger partial charge in [0.15, 0.2) is 12.4 Å². The van der Waals surface area contributed by atoms with Crippen molar-refractivity contribution >= 4 is 17.6 Å². The molecule has 0 atom stereocenters. The summed E-state index contributed by atoms with van der Waals surface area (Å²) < 4.78 is 16.1. The lowest BCUT2D eigenvalue weighted by atomic mass is 10.2. The van der Waals surface area contributed by atoms with E-state index >= 15 is 0 Å². The number of hydrogen-bond acceptors (Lipinski definition) is 5. The van der Waals surface area contributed by atoms with Crippen molar-refractivity contribution in [1.29, 1.82) is 0 Å². The van der Waals surface area contributed by atoms with Crippen LogP contribution in [-0.2, 0) is 18.0 Å². The second-order valence-electron chi connectivity index (χ2n) is 5.42. The van der Waals surface area contributed by atoms with Crippen molar-refractivity contribution in [2.75, 3.05) is 0 Å². The molecule has 1 aromatic heterocycles. The minimum Gasteiger partial charge on any atom is -0.488 e. The summed E-state index contributed by atoms with van der Waals surface area (Å²) in [6.07, 6.45) is 0. The summed E-state index contributed by atoms with van der Waals surface area (Å²) in [7, 11) is 0. The molecule has 3 rings (SSSR count). The zero-order chi connectivity index (χ0) is 17.6. The minimum absolute atomic E-state index is 0.0190. The highest BCUT2D eigenvalue weighted by atomic mass is 35.5. The Labute approximate surface area is 150 Å². The van der Waals surface area contributed by atoms with Crippen molar-refractivity contribution in [2.24, 2.45) is 0 Å². The number of hydrogen-bond donors (Lipinski definition) is 0. The van der Waals surface area contributed by atoms with Gasteiger partial charge in [0.2, 0.25) is 0 Å². The van der Waals surface area contributed by atoms with Crippen LogP contribution in [0, 0.1) is 6.92 Å². The van der Waals surface area contributed by atoms with E-state index in [9.17, 15) is 4.79 Å². The Morgan fingerprint density at radius 1 is 1.12 bits per heavy atom. The van der Waals surface area contributed by atoms with Crippen LogP contribution in [0.15, 0.2) is 59.1 Å². The molecular weight excluding hydrogens is 342 g/mol. The monoisotopic (exact) mass is 357 g/mol. The van der Waals surface area contributed by atoms with Gasteiger partial charge in [0.05, 0.1) is 5.69 Å². The van der Waals surface area contributed by atoms with E-state index in [0.29, 0.717) is 28.7 Å². The SMILES string of the molecule is Cc1cc(COC(=O)c2ccccc2OCc2ccc(Cl)cc2)on1. The van der Waals surface area contributed by atoms with Gasteiger partial charge in [0.1, 0.15) is 17.9 Å². The van der Waals surface area contributed by atoms with Crippen LogP contribution in [0.4, 0.5) is 0 Å². The highest BCUT2D eigenvalue weighted by Crippen LogP contribution is 2.21. The van der Waals surface area contributed by atoms with E-state index in [4.69, 9.17) is 25.6 Å². The number of esters is 1. The van der Waals surface area contributed by atoms with Crippen LogP contribution in [0.5, 0.6) is 5.75 Å². The summed E-state index contributed by atoms with van der Waals surface area (Å²) in [5, 5.41) is 4.42. The molecule has 0 N–H and O–H groups in total. The average Bonchev–Trinajstić information content (AvgIpc) is 3.05. The smallest absolute Gasteiger partial charge is 0.342 e. The Balaban J connectivity index is 1.65. The number of benzene rings is 2. The minimum atomic E-state index is -0.485. The summed E-state index contributed by atoms with van der Waals surface area (Å²) in [6.45, 7) is 2.14. The van der Waals surface area contributed by atoms with E-state index in [-0.39, 0.29) is 6.61 Å². The maximum Gasteiger partial charge on any atom is 0.342 e. The van der Waals surface area contributed by atoms with Crippen molar-refractivity contribution < 1.29 is 18.8 Å². The molecule has 0 aliphatic heterocycles.